The fourth-order valence-corrected chi connectivity index (χ4v) is 5.43. The predicted octanol–water partition coefficient (Wildman–Crippen LogP) is 5.31. The van der Waals surface area contributed by atoms with E-state index in [1.807, 2.05) is 65.0 Å². The van der Waals surface area contributed by atoms with E-state index in [-0.39, 0.29) is 42.0 Å². The van der Waals surface area contributed by atoms with Crippen LogP contribution in [-0.4, -0.2) is 64.8 Å². The molecule has 0 saturated carbocycles. The van der Waals surface area contributed by atoms with Crippen LogP contribution in [0.15, 0.2) is 30.3 Å². The van der Waals surface area contributed by atoms with Gasteiger partial charge in [0.25, 0.3) is 5.91 Å². The van der Waals surface area contributed by atoms with Crippen molar-refractivity contribution in [3.63, 3.8) is 0 Å². The van der Waals surface area contributed by atoms with Crippen molar-refractivity contribution in [2.75, 3.05) is 14.2 Å². The highest BCUT2D eigenvalue weighted by Crippen LogP contribution is 2.30. The molecule has 9 nitrogen and oxygen atoms in total. The molecule has 0 bridgehead atoms. The Balaban J connectivity index is 2.19. The minimum Gasteiger partial charge on any atom is -0.469 e. The average Bonchev–Trinajstić information content (AvgIpc) is 3.27. The lowest BCUT2D eigenvalue weighted by Gasteiger charge is -2.34. The fourth-order valence-electron chi connectivity index (χ4n) is 4.52. The van der Waals surface area contributed by atoms with Crippen LogP contribution < -0.4 is 5.32 Å². The Morgan fingerprint density at radius 3 is 2.27 bits per heavy atom. The van der Waals surface area contributed by atoms with Crippen LogP contribution in [0.2, 0.25) is 0 Å². The first kappa shape index (κ1) is 33.2. The van der Waals surface area contributed by atoms with E-state index in [1.54, 1.807) is 20.9 Å². The zero-order chi connectivity index (χ0) is 30.2. The number of ether oxygens (including phenoxy) is 2. The molecule has 0 aliphatic rings. The lowest BCUT2D eigenvalue weighted by atomic mass is 9.96. The van der Waals surface area contributed by atoms with Gasteiger partial charge in [0.15, 0.2) is 0 Å². The molecule has 1 aromatic carbocycles. The minimum absolute atomic E-state index is 0.0477. The maximum Gasteiger partial charge on any atom is 0.410 e. The Morgan fingerprint density at radius 1 is 1.10 bits per heavy atom. The number of aryl methyl sites for hydroxylation is 1. The van der Waals surface area contributed by atoms with Crippen LogP contribution in [0.1, 0.15) is 86.4 Å². The van der Waals surface area contributed by atoms with E-state index < -0.39 is 23.7 Å². The van der Waals surface area contributed by atoms with E-state index in [4.69, 9.17) is 9.47 Å². The van der Waals surface area contributed by atoms with Gasteiger partial charge in [-0.05, 0) is 52.0 Å². The van der Waals surface area contributed by atoms with Gasteiger partial charge in [-0.1, -0.05) is 51.1 Å². The highest BCUT2D eigenvalue weighted by atomic mass is 32.1. The predicted molar refractivity (Wildman–Crippen MR) is 156 cm³/mol. The molecule has 4 atom stereocenters. The number of carbonyl (C=O) groups excluding carboxylic acids is 3. The molecular formula is C30H45N3O6S. The summed E-state index contributed by atoms with van der Waals surface area (Å²) in [5, 5.41) is 14.5. The number of hydrogen-bond acceptors (Lipinski definition) is 8. The number of aliphatic hydroxyl groups excluding tert-OH is 1. The van der Waals surface area contributed by atoms with Gasteiger partial charge in [0.1, 0.15) is 22.4 Å². The number of methoxy groups -OCH3 is 1. The van der Waals surface area contributed by atoms with Crippen LogP contribution in [0.3, 0.4) is 0 Å². The number of aliphatic hydroxyl groups is 1. The van der Waals surface area contributed by atoms with Crippen molar-refractivity contribution in [3.05, 3.63) is 51.5 Å². The van der Waals surface area contributed by atoms with Crippen molar-refractivity contribution in [2.24, 2.45) is 11.8 Å². The van der Waals surface area contributed by atoms with Crippen molar-refractivity contribution in [3.8, 4) is 0 Å². The summed E-state index contributed by atoms with van der Waals surface area (Å²) in [5.41, 5.74) is 0.641. The Labute approximate surface area is 242 Å². The second-order valence-corrected chi connectivity index (χ2v) is 12.9. The molecule has 40 heavy (non-hydrogen) atoms. The normalized spacial score (nSPS) is 14.7. The zero-order valence-corrected chi connectivity index (χ0v) is 26.0. The molecule has 0 aliphatic carbocycles. The monoisotopic (exact) mass is 575 g/mol. The Morgan fingerprint density at radius 2 is 1.73 bits per heavy atom. The van der Waals surface area contributed by atoms with E-state index in [0.717, 1.165) is 5.56 Å². The van der Waals surface area contributed by atoms with E-state index in [1.165, 1.54) is 23.3 Å². The van der Waals surface area contributed by atoms with Crippen LogP contribution in [0, 0.1) is 18.8 Å². The quantitative estimate of drug-likeness (QED) is 0.330. The molecule has 2 aromatic rings. The first-order valence-electron chi connectivity index (χ1n) is 13.7. The number of nitrogens with zero attached hydrogens (tertiary/aromatic N) is 2. The van der Waals surface area contributed by atoms with Gasteiger partial charge in [-0.3, -0.25) is 9.59 Å². The van der Waals surface area contributed by atoms with Crippen molar-refractivity contribution in [1.82, 2.24) is 15.2 Å². The molecule has 2 rings (SSSR count). The lowest BCUT2D eigenvalue weighted by molar-refractivity contribution is -0.145. The number of aromatic nitrogens is 1. The molecule has 2 N–H and O–H groups in total. The zero-order valence-electron chi connectivity index (χ0n) is 25.2. The highest BCUT2D eigenvalue weighted by Gasteiger charge is 2.31. The molecule has 222 valence electrons. The van der Waals surface area contributed by atoms with Gasteiger partial charge in [-0.25, -0.2) is 9.78 Å². The SMILES string of the molecule is COC(=O)[C@@H](C)C[C@H](Cc1ccccc1)NC(=O)c1nc([C@H](O)C[C@H](C(C)C)N(C)C(=O)OC(C)(C)C)sc1C. The van der Waals surface area contributed by atoms with Gasteiger partial charge in [-0.2, -0.15) is 0 Å². The molecular weight excluding hydrogens is 530 g/mol. The molecule has 1 heterocycles. The number of amides is 2. The van der Waals surface area contributed by atoms with Gasteiger partial charge in [0, 0.05) is 30.4 Å². The van der Waals surface area contributed by atoms with Crippen molar-refractivity contribution < 1.29 is 29.0 Å². The summed E-state index contributed by atoms with van der Waals surface area (Å²) in [6.45, 7) is 13.0. The van der Waals surface area contributed by atoms with Crippen molar-refractivity contribution >= 4 is 29.3 Å². The molecule has 0 spiro atoms. The molecule has 0 fully saturated rings. The molecule has 0 saturated heterocycles. The summed E-state index contributed by atoms with van der Waals surface area (Å²) in [7, 11) is 3.02. The molecule has 0 unspecified atom stereocenters. The number of benzene rings is 1. The third kappa shape index (κ3) is 9.89. The summed E-state index contributed by atoms with van der Waals surface area (Å²) in [4.78, 5) is 44.8. The van der Waals surface area contributed by atoms with E-state index in [0.29, 0.717) is 22.7 Å². The highest BCUT2D eigenvalue weighted by molar-refractivity contribution is 7.11. The summed E-state index contributed by atoms with van der Waals surface area (Å²) >= 11 is 1.26. The molecule has 2 amide bonds. The maximum absolute atomic E-state index is 13.3. The Kier molecular flexibility index (Phi) is 12.1. The topological polar surface area (TPSA) is 118 Å². The molecule has 0 radical (unpaired) electrons. The summed E-state index contributed by atoms with van der Waals surface area (Å²) in [6, 6.07) is 9.11. The van der Waals surface area contributed by atoms with Crippen LogP contribution in [0.25, 0.3) is 0 Å². The lowest BCUT2D eigenvalue weighted by Crippen LogP contribution is -2.44. The van der Waals surface area contributed by atoms with Gasteiger partial charge < -0.3 is 24.8 Å². The van der Waals surface area contributed by atoms with Crippen LogP contribution >= 0.6 is 11.3 Å². The maximum atomic E-state index is 13.3. The first-order valence-corrected chi connectivity index (χ1v) is 14.5. The van der Waals surface area contributed by atoms with E-state index in [9.17, 15) is 19.5 Å². The van der Waals surface area contributed by atoms with Crippen molar-refractivity contribution in [1.29, 1.82) is 0 Å². The number of hydrogen-bond donors (Lipinski definition) is 2. The molecule has 10 heteroatoms. The van der Waals surface area contributed by atoms with Crippen LogP contribution in [0.5, 0.6) is 0 Å². The number of carbonyl (C=O) groups is 3. The smallest absolute Gasteiger partial charge is 0.410 e. The largest absolute Gasteiger partial charge is 0.469 e. The first-order chi connectivity index (χ1) is 18.6. The van der Waals surface area contributed by atoms with Gasteiger partial charge in [0.2, 0.25) is 0 Å². The van der Waals surface area contributed by atoms with Crippen molar-refractivity contribution in [2.45, 2.75) is 91.5 Å². The van der Waals surface area contributed by atoms with Gasteiger partial charge in [-0.15, -0.1) is 11.3 Å². The third-order valence-electron chi connectivity index (χ3n) is 6.63. The van der Waals surface area contributed by atoms with E-state index in [2.05, 4.69) is 10.3 Å². The van der Waals surface area contributed by atoms with Crippen LogP contribution in [-0.2, 0) is 20.7 Å². The third-order valence-corrected chi connectivity index (χ3v) is 7.70. The minimum atomic E-state index is -0.970. The molecule has 1 aromatic heterocycles. The number of nitrogens with one attached hydrogen (secondary N) is 1. The van der Waals surface area contributed by atoms with Gasteiger partial charge >= 0.3 is 12.1 Å². The standard InChI is InChI=1S/C30H45N3O6S/c1-18(2)23(33(8)29(37)39-30(5,6)7)17-24(34)27-32-25(20(4)40-27)26(35)31-22(15-19(3)28(36)38-9)16-21-13-11-10-12-14-21/h10-14,18-19,22-24,34H,15-17H2,1-9H3,(H,31,35)/t19-,22+,23+,24+/m0/s1. The van der Waals surface area contributed by atoms with Crippen LogP contribution in [0.4, 0.5) is 4.79 Å². The average molecular weight is 576 g/mol. The second kappa shape index (κ2) is 14.6. The summed E-state index contributed by atoms with van der Waals surface area (Å²) in [5.74, 6) is -1.05. The fraction of sp³-hybridized carbons (Fsp3) is 0.600. The van der Waals surface area contributed by atoms with E-state index >= 15 is 0 Å². The number of thiazole rings is 1. The second-order valence-electron chi connectivity index (χ2n) is 11.6. The van der Waals surface area contributed by atoms with Gasteiger partial charge in [0.05, 0.1) is 13.0 Å². The summed E-state index contributed by atoms with van der Waals surface area (Å²) < 4.78 is 10.4. The Hall–Kier alpha value is -2.98. The number of esters is 1. The Bertz CT molecular complexity index is 1130. The number of rotatable bonds is 12. The molecule has 0 aliphatic heterocycles. The summed E-state index contributed by atoms with van der Waals surface area (Å²) in [6.07, 6.45) is -0.241.